The Hall–Kier alpha value is -1.44. The summed E-state index contributed by atoms with van der Waals surface area (Å²) in [5.74, 6) is -4.38. The first-order valence-corrected chi connectivity index (χ1v) is 11.7. The zero-order valence-corrected chi connectivity index (χ0v) is 19.6. The number of carbonyl (C=O) groups is 3. The average Bonchev–Trinajstić information content (AvgIpc) is 2.90. The number of aliphatic hydroxyl groups excluding tert-OH is 1. The number of ether oxygens (including phenoxy) is 1. The number of esters is 1. The molecule has 4 aliphatic carbocycles. The molecule has 0 radical (unpaired) electrons. The Bertz CT molecular complexity index is 933. The lowest BCUT2D eigenvalue weighted by atomic mass is 9.46. The van der Waals surface area contributed by atoms with E-state index in [9.17, 15) is 24.6 Å². The number of carbonyl (C=O) groups excluding carboxylic acids is 2. The Balaban J connectivity index is 1.81. The van der Waals surface area contributed by atoms with Gasteiger partial charge in [0.25, 0.3) is 0 Å². The molecule has 0 aromatic carbocycles. The zero-order chi connectivity index (χ0) is 23.8. The van der Waals surface area contributed by atoms with Crippen LogP contribution in [0, 0.1) is 34.5 Å². The van der Waals surface area contributed by atoms with E-state index in [0.29, 0.717) is 12.0 Å². The monoisotopic (exact) mass is 488 g/mol. The number of carboxylic acids is 1. The average molecular weight is 489 g/mol. The van der Waals surface area contributed by atoms with Crippen LogP contribution in [-0.2, 0) is 19.1 Å². The first kappa shape index (κ1) is 23.7. The molecule has 0 bridgehead atoms. The molecule has 3 saturated carbocycles. The summed E-state index contributed by atoms with van der Waals surface area (Å²) in [5, 5.41) is 21.7. The lowest BCUT2D eigenvalue weighted by Crippen LogP contribution is -2.64. The molecule has 0 aromatic heterocycles. The fraction of sp³-hybridized carbons (Fsp3) is 0.696. The minimum atomic E-state index is -1.95. The van der Waals surface area contributed by atoms with Crippen molar-refractivity contribution in [3.05, 3.63) is 23.8 Å². The van der Waals surface area contributed by atoms with Gasteiger partial charge in [-0.3, -0.25) is 4.79 Å². The van der Waals surface area contributed by atoms with Gasteiger partial charge in [0.05, 0.1) is 6.10 Å². The number of rotatable bonds is 3. The van der Waals surface area contributed by atoms with Crippen LogP contribution in [0.15, 0.2) is 23.8 Å². The maximum absolute atomic E-state index is 15.4. The summed E-state index contributed by atoms with van der Waals surface area (Å²) in [5.41, 5.74) is -3.61. The summed E-state index contributed by atoms with van der Waals surface area (Å²) in [4.78, 5) is 35.3. The van der Waals surface area contributed by atoms with Gasteiger partial charge in [0, 0.05) is 22.7 Å². The second-order valence-electron chi connectivity index (χ2n) is 10.2. The topological polar surface area (TPSA) is 101 Å². The van der Waals surface area contributed by atoms with Crippen molar-refractivity contribution < 1.29 is 33.7 Å². The molecule has 0 unspecified atom stereocenters. The highest BCUT2D eigenvalue weighted by molar-refractivity contribution is 6.53. The minimum absolute atomic E-state index is 0.0413. The number of hydrogen-bond donors (Lipinski definition) is 2. The van der Waals surface area contributed by atoms with Gasteiger partial charge in [-0.1, -0.05) is 50.0 Å². The molecule has 32 heavy (non-hydrogen) atoms. The number of aliphatic hydroxyl groups is 1. The lowest BCUT2D eigenvalue weighted by Gasteiger charge is -2.60. The third-order valence-electron chi connectivity index (χ3n) is 8.77. The summed E-state index contributed by atoms with van der Waals surface area (Å²) < 4.78 is 20.9. The second-order valence-corrected chi connectivity index (χ2v) is 11.3. The van der Waals surface area contributed by atoms with E-state index in [2.05, 4.69) is 0 Å². The lowest BCUT2D eigenvalue weighted by molar-refractivity contribution is -0.215. The standard InChI is InChI=1S/C23H27Cl2FO6/c1-10-6-13-12-8-15(26)14-7-11(27)4-5-21(14,2)17(12)16(28)9-22(13,3)23(10,20(30)31)32-19(29)18(24)25/h4-5,7,10,12-13,15-18,28H,6,8-9H2,1-3H3,(H,30,31)/t10-,12+,13+,15+,16+,17-,21+,22+,23+/m1/s1. The molecule has 6 nitrogen and oxygen atoms in total. The van der Waals surface area contributed by atoms with Gasteiger partial charge in [0.1, 0.15) is 6.17 Å². The number of allylic oxidation sites excluding steroid dienone is 4. The van der Waals surface area contributed by atoms with Gasteiger partial charge >= 0.3 is 11.9 Å². The molecule has 9 atom stereocenters. The predicted molar refractivity (Wildman–Crippen MR) is 115 cm³/mol. The van der Waals surface area contributed by atoms with Crippen molar-refractivity contribution in [3.63, 3.8) is 0 Å². The van der Waals surface area contributed by atoms with E-state index in [1.807, 2.05) is 6.92 Å². The number of ketones is 1. The van der Waals surface area contributed by atoms with Crippen LogP contribution in [0.4, 0.5) is 4.39 Å². The Kier molecular flexibility index (Phi) is 5.58. The van der Waals surface area contributed by atoms with Crippen LogP contribution in [-0.4, -0.2) is 50.6 Å². The highest BCUT2D eigenvalue weighted by Gasteiger charge is 2.74. The molecule has 3 fully saturated rings. The number of hydrogen-bond acceptors (Lipinski definition) is 5. The van der Waals surface area contributed by atoms with E-state index >= 15 is 4.39 Å². The molecule has 2 N–H and O–H groups in total. The maximum Gasteiger partial charge on any atom is 0.349 e. The predicted octanol–water partition coefficient (Wildman–Crippen LogP) is 3.63. The molecule has 0 aliphatic heterocycles. The van der Waals surface area contributed by atoms with E-state index in [0.717, 1.165) is 0 Å². The minimum Gasteiger partial charge on any atom is -0.478 e. The third-order valence-corrected chi connectivity index (χ3v) is 9.13. The summed E-state index contributed by atoms with van der Waals surface area (Å²) in [6.45, 7) is 5.21. The highest BCUT2D eigenvalue weighted by atomic mass is 35.5. The number of fused-ring (bicyclic) bond motifs is 5. The smallest absolute Gasteiger partial charge is 0.349 e. The van der Waals surface area contributed by atoms with Crippen LogP contribution in [0.5, 0.6) is 0 Å². The van der Waals surface area contributed by atoms with Gasteiger partial charge < -0.3 is 14.9 Å². The molecule has 176 valence electrons. The third kappa shape index (κ3) is 2.96. The van der Waals surface area contributed by atoms with Crippen molar-refractivity contribution in [1.29, 1.82) is 0 Å². The van der Waals surface area contributed by atoms with Gasteiger partial charge in [0.2, 0.25) is 10.4 Å². The molecule has 9 heteroatoms. The van der Waals surface area contributed by atoms with Crippen molar-refractivity contribution in [2.45, 2.75) is 62.7 Å². The van der Waals surface area contributed by atoms with E-state index in [4.69, 9.17) is 27.9 Å². The summed E-state index contributed by atoms with van der Waals surface area (Å²) in [7, 11) is 0. The maximum atomic E-state index is 15.4. The quantitative estimate of drug-likeness (QED) is 0.464. The largest absolute Gasteiger partial charge is 0.478 e. The molecular formula is C23H27Cl2FO6. The van der Waals surface area contributed by atoms with Crippen molar-refractivity contribution in [2.24, 2.45) is 34.5 Å². The van der Waals surface area contributed by atoms with Gasteiger partial charge in [-0.15, -0.1) is 0 Å². The van der Waals surface area contributed by atoms with E-state index in [1.165, 1.54) is 12.2 Å². The van der Waals surface area contributed by atoms with Gasteiger partial charge in [-0.2, -0.15) is 0 Å². The van der Waals surface area contributed by atoms with Crippen molar-refractivity contribution in [1.82, 2.24) is 0 Å². The van der Waals surface area contributed by atoms with Crippen molar-refractivity contribution >= 4 is 40.9 Å². The van der Waals surface area contributed by atoms with Crippen LogP contribution in [0.1, 0.15) is 40.0 Å². The number of alkyl halides is 3. The van der Waals surface area contributed by atoms with Gasteiger partial charge in [-0.25, -0.2) is 14.0 Å². The highest BCUT2D eigenvalue weighted by Crippen LogP contribution is 2.69. The van der Waals surface area contributed by atoms with Crippen LogP contribution in [0.3, 0.4) is 0 Å². The normalized spacial score (nSPS) is 47.4. The fourth-order valence-corrected chi connectivity index (χ4v) is 7.66. The molecule has 0 amide bonds. The Morgan fingerprint density at radius 1 is 1.28 bits per heavy atom. The van der Waals surface area contributed by atoms with Crippen LogP contribution < -0.4 is 0 Å². The van der Waals surface area contributed by atoms with E-state index in [1.54, 1.807) is 19.9 Å². The first-order valence-electron chi connectivity index (χ1n) is 10.8. The Morgan fingerprint density at radius 3 is 2.53 bits per heavy atom. The summed E-state index contributed by atoms with van der Waals surface area (Å²) in [6.07, 6.45) is 2.50. The van der Waals surface area contributed by atoms with Crippen molar-refractivity contribution in [3.8, 4) is 0 Å². The first-order chi connectivity index (χ1) is 14.8. The molecule has 4 rings (SSSR count). The van der Waals surface area contributed by atoms with Crippen molar-refractivity contribution in [2.75, 3.05) is 0 Å². The molecule has 0 spiro atoms. The molecule has 0 heterocycles. The van der Waals surface area contributed by atoms with E-state index in [-0.39, 0.29) is 30.5 Å². The molecule has 0 saturated heterocycles. The fourth-order valence-electron chi connectivity index (χ4n) is 7.57. The zero-order valence-electron chi connectivity index (χ0n) is 18.1. The number of aliphatic carboxylic acids is 1. The SMILES string of the molecule is C[C@@H]1C[C@H]2[C@@H]3C[C@H](F)C4=CC(=O)C=C[C@]4(C)[C@H]3[C@@H](O)C[C@]2(C)[C@@]1(OC(=O)C(Cl)Cl)C(=O)O. The Morgan fingerprint density at radius 2 is 1.94 bits per heavy atom. The van der Waals surface area contributed by atoms with E-state index < -0.39 is 57.3 Å². The summed E-state index contributed by atoms with van der Waals surface area (Å²) >= 11 is 11.3. The summed E-state index contributed by atoms with van der Waals surface area (Å²) in [6, 6.07) is 0. The van der Waals surface area contributed by atoms with Gasteiger partial charge in [-0.05, 0) is 48.8 Å². The number of carboxylic acid groups (broad SMARTS) is 1. The van der Waals surface area contributed by atoms with Crippen LogP contribution in [0.25, 0.3) is 0 Å². The van der Waals surface area contributed by atoms with Gasteiger partial charge in [0.15, 0.2) is 5.78 Å². The number of halogens is 3. The Labute approximate surface area is 195 Å². The molecular weight excluding hydrogens is 462 g/mol. The molecule has 0 aromatic rings. The van der Waals surface area contributed by atoms with Crippen LogP contribution in [0.2, 0.25) is 0 Å². The molecule has 4 aliphatic rings. The second kappa shape index (κ2) is 7.54. The van der Waals surface area contributed by atoms with Crippen LogP contribution >= 0.6 is 23.2 Å².